The average Bonchev–Trinajstić information content (AvgIpc) is 2.55. The van der Waals surface area contributed by atoms with Crippen molar-refractivity contribution in [3.05, 3.63) is 28.8 Å². The van der Waals surface area contributed by atoms with Crippen LogP contribution in [0.3, 0.4) is 0 Å². The Bertz CT molecular complexity index is 710. The van der Waals surface area contributed by atoms with Crippen LogP contribution in [0.15, 0.2) is 18.2 Å². The van der Waals surface area contributed by atoms with Gasteiger partial charge in [0.1, 0.15) is 5.75 Å². The molecule has 0 aliphatic carbocycles. The normalized spacial score (nSPS) is 16.3. The molecular formula is C18H26ClNO4S. The Balaban J connectivity index is 1.93. The minimum absolute atomic E-state index is 0.0192. The Morgan fingerprint density at radius 3 is 2.52 bits per heavy atom. The van der Waals surface area contributed by atoms with Crippen molar-refractivity contribution < 1.29 is 17.9 Å². The Labute approximate surface area is 155 Å². The lowest BCUT2D eigenvalue weighted by molar-refractivity contribution is -0.131. The number of hydrogen-bond acceptors (Lipinski definition) is 4. The molecule has 2 rings (SSSR count). The fourth-order valence-electron chi connectivity index (χ4n) is 3.03. The molecule has 1 aliphatic heterocycles. The first-order valence-corrected chi connectivity index (χ1v) is 10.6. The molecule has 5 nitrogen and oxygen atoms in total. The molecule has 140 valence electrons. The van der Waals surface area contributed by atoms with Crippen LogP contribution in [-0.4, -0.2) is 50.4 Å². The van der Waals surface area contributed by atoms with Gasteiger partial charge >= 0.3 is 0 Å². The summed E-state index contributed by atoms with van der Waals surface area (Å²) in [5.74, 6) is 1.02. The first-order valence-electron chi connectivity index (χ1n) is 8.54. The van der Waals surface area contributed by atoms with E-state index in [1.807, 2.05) is 0 Å². The summed E-state index contributed by atoms with van der Waals surface area (Å²) in [6, 6.07) is 5.24. The molecule has 1 saturated heterocycles. The highest BCUT2D eigenvalue weighted by Crippen LogP contribution is 2.25. The third kappa shape index (κ3) is 5.35. The molecule has 0 aromatic heterocycles. The number of piperidine rings is 1. The van der Waals surface area contributed by atoms with E-state index in [2.05, 4.69) is 0 Å². The van der Waals surface area contributed by atoms with Gasteiger partial charge in [0.15, 0.2) is 9.84 Å². The number of amides is 1. The van der Waals surface area contributed by atoms with Crippen molar-refractivity contribution in [1.29, 1.82) is 0 Å². The van der Waals surface area contributed by atoms with E-state index in [4.69, 9.17) is 16.3 Å². The van der Waals surface area contributed by atoms with Crippen LogP contribution in [0.1, 0.15) is 32.3 Å². The van der Waals surface area contributed by atoms with Gasteiger partial charge in [-0.15, -0.1) is 0 Å². The van der Waals surface area contributed by atoms with Crippen LogP contribution in [-0.2, 0) is 21.1 Å². The molecule has 1 heterocycles. The molecule has 1 amide bonds. The summed E-state index contributed by atoms with van der Waals surface area (Å²) in [6.45, 7) is 4.62. The van der Waals surface area contributed by atoms with Gasteiger partial charge in [0.25, 0.3) is 0 Å². The molecule has 0 unspecified atom stereocenters. The Morgan fingerprint density at radius 1 is 1.32 bits per heavy atom. The zero-order chi connectivity index (χ0) is 18.6. The first kappa shape index (κ1) is 20.0. The van der Waals surface area contributed by atoms with Gasteiger partial charge in [0.2, 0.25) is 5.91 Å². The van der Waals surface area contributed by atoms with E-state index < -0.39 is 9.84 Å². The number of carbonyl (C=O) groups is 1. The van der Waals surface area contributed by atoms with Crippen molar-refractivity contribution in [2.45, 2.75) is 38.4 Å². The largest absolute Gasteiger partial charge is 0.496 e. The number of methoxy groups -OCH3 is 1. The maximum atomic E-state index is 12.6. The van der Waals surface area contributed by atoms with E-state index >= 15 is 0 Å². The first-order chi connectivity index (χ1) is 11.7. The highest BCUT2D eigenvalue weighted by Gasteiger charge is 2.28. The monoisotopic (exact) mass is 387 g/mol. The predicted molar refractivity (Wildman–Crippen MR) is 99.9 cm³/mol. The van der Waals surface area contributed by atoms with Crippen molar-refractivity contribution in [2.24, 2.45) is 5.92 Å². The second kappa shape index (κ2) is 8.41. The predicted octanol–water partition coefficient (Wildman–Crippen LogP) is 2.95. The molecule has 7 heteroatoms. The van der Waals surface area contributed by atoms with Gasteiger partial charge in [0, 0.05) is 23.7 Å². The Kier molecular flexibility index (Phi) is 6.74. The van der Waals surface area contributed by atoms with Crippen LogP contribution in [0.4, 0.5) is 0 Å². The number of carbonyl (C=O) groups excluding carboxylic acids is 1. The summed E-state index contributed by atoms with van der Waals surface area (Å²) in [5, 5.41) is 0.226. The number of rotatable bonds is 6. The summed E-state index contributed by atoms with van der Waals surface area (Å²) >= 11 is 6.01. The van der Waals surface area contributed by atoms with E-state index in [1.165, 1.54) is 0 Å². The number of nitrogens with zero attached hydrogens (tertiary/aromatic N) is 1. The van der Waals surface area contributed by atoms with Crippen molar-refractivity contribution in [3.63, 3.8) is 0 Å². The van der Waals surface area contributed by atoms with Gasteiger partial charge in [-0.3, -0.25) is 4.79 Å². The van der Waals surface area contributed by atoms with Crippen molar-refractivity contribution in [3.8, 4) is 5.75 Å². The molecule has 0 spiro atoms. The van der Waals surface area contributed by atoms with Crippen LogP contribution >= 0.6 is 11.6 Å². The third-order valence-corrected chi connectivity index (χ3v) is 7.35. The van der Waals surface area contributed by atoms with E-state index in [9.17, 15) is 13.2 Å². The van der Waals surface area contributed by atoms with Gasteiger partial charge in [-0.2, -0.15) is 0 Å². The topological polar surface area (TPSA) is 63.7 Å². The number of halogens is 1. The van der Waals surface area contributed by atoms with E-state index in [1.54, 1.807) is 44.1 Å². The van der Waals surface area contributed by atoms with E-state index in [-0.39, 0.29) is 29.2 Å². The van der Waals surface area contributed by atoms with Crippen LogP contribution in [0.5, 0.6) is 5.75 Å². The third-order valence-electron chi connectivity index (χ3n) is 4.74. The van der Waals surface area contributed by atoms with Gasteiger partial charge in [-0.25, -0.2) is 8.42 Å². The average molecular weight is 388 g/mol. The zero-order valence-corrected chi connectivity index (χ0v) is 16.6. The quantitative estimate of drug-likeness (QED) is 0.752. The molecule has 0 N–H and O–H groups in total. The Hall–Kier alpha value is -1.27. The fourth-order valence-corrected chi connectivity index (χ4v) is 4.60. The molecule has 1 aromatic rings. The zero-order valence-electron chi connectivity index (χ0n) is 15.0. The molecule has 0 saturated carbocycles. The van der Waals surface area contributed by atoms with Gasteiger partial charge < -0.3 is 9.64 Å². The minimum Gasteiger partial charge on any atom is -0.496 e. The molecule has 1 aromatic carbocycles. The summed E-state index contributed by atoms with van der Waals surface area (Å²) in [6.07, 6.45) is 1.69. The molecule has 0 radical (unpaired) electrons. The number of sulfone groups is 1. The second-order valence-electron chi connectivity index (χ2n) is 6.84. The number of benzene rings is 1. The fraction of sp³-hybridized carbons (Fsp3) is 0.611. The number of ether oxygens (including phenoxy) is 1. The Morgan fingerprint density at radius 2 is 1.96 bits per heavy atom. The summed E-state index contributed by atoms with van der Waals surface area (Å²) in [5.41, 5.74) is 0.768. The van der Waals surface area contributed by atoms with Crippen LogP contribution in [0, 0.1) is 5.92 Å². The summed E-state index contributed by atoms with van der Waals surface area (Å²) < 4.78 is 29.4. The lowest BCUT2D eigenvalue weighted by Gasteiger charge is -2.32. The van der Waals surface area contributed by atoms with Crippen LogP contribution in [0.25, 0.3) is 0 Å². The van der Waals surface area contributed by atoms with Crippen molar-refractivity contribution >= 4 is 27.3 Å². The number of likely N-dealkylation sites (tertiary alicyclic amines) is 1. The van der Waals surface area contributed by atoms with E-state index in [0.717, 1.165) is 18.4 Å². The van der Waals surface area contributed by atoms with Gasteiger partial charge in [-0.1, -0.05) is 11.6 Å². The maximum absolute atomic E-state index is 12.6. The maximum Gasteiger partial charge on any atom is 0.227 e. The van der Waals surface area contributed by atoms with Gasteiger partial charge in [0.05, 0.1) is 24.5 Å². The van der Waals surface area contributed by atoms with Crippen LogP contribution in [0.2, 0.25) is 5.02 Å². The van der Waals surface area contributed by atoms with Crippen molar-refractivity contribution in [2.75, 3.05) is 26.0 Å². The highest BCUT2D eigenvalue weighted by atomic mass is 35.5. The molecule has 1 aliphatic rings. The molecule has 1 fully saturated rings. The summed E-state index contributed by atoms with van der Waals surface area (Å²) in [7, 11) is -1.47. The number of hydrogen-bond donors (Lipinski definition) is 0. The molecule has 0 atom stereocenters. The minimum atomic E-state index is -3.03. The SMILES string of the molecule is COc1ccc(Cl)cc1CC(=O)N1CCC(CS(=O)(=O)C(C)C)CC1. The van der Waals surface area contributed by atoms with E-state index in [0.29, 0.717) is 23.9 Å². The lowest BCUT2D eigenvalue weighted by atomic mass is 9.98. The molecule has 25 heavy (non-hydrogen) atoms. The molecule has 0 bridgehead atoms. The smallest absolute Gasteiger partial charge is 0.227 e. The highest BCUT2D eigenvalue weighted by molar-refractivity contribution is 7.91. The molecular weight excluding hydrogens is 362 g/mol. The summed E-state index contributed by atoms with van der Waals surface area (Å²) in [4.78, 5) is 14.4. The van der Waals surface area contributed by atoms with Crippen LogP contribution < -0.4 is 4.74 Å². The standard InChI is InChI=1S/C18H26ClNO4S/c1-13(2)25(22,23)12-14-6-8-20(9-7-14)18(21)11-15-10-16(19)4-5-17(15)24-3/h4-5,10,13-14H,6-9,11-12H2,1-3H3. The van der Waals surface area contributed by atoms with Crippen molar-refractivity contribution in [1.82, 2.24) is 4.90 Å². The van der Waals surface area contributed by atoms with Gasteiger partial charge in [-0.05, 0) is 50.8 Å². The lowest BCUT2D eigenvalue weighted by Crippen LogP contribution is -2.41. The second-order valence-corrected chi connectivity index (χ2v) is 9.87.